The molecule has 0 saturated carbocycles. The van der Waals surface area contributed by atoms with Crippen molar-refractivity contribution in [3.8, 4) is 5.75 Å². The van der Waals surface area contributed by atoms with E-state index in [2.05, 4.69) is 17.3 Å². The van der Waals surface area contributed by atoms with Gasteiger partial charge in [-0.2, -0.15) is 4.31 Å². The predicted molar refractivity (Wildman–Crippen MR) is 120 cm³/mol. The molecule has 4 rings (SSSR count). The first-order valence-corrected chi connectivity index (χ1v) is 12.2. The van der Waals surface area contributed by atoms with Crippen LogP contribution in [-0.2, 0) is 10.0 Å². The average Bonchev–Trinajstić information content (AvgIpc) is 3.33. The first kappa shape index (κ1) is 21.8. The van der Waals surface area contributed by atoms with Gasteiger partial charge in [0, 0.05) is 37.4 Å². The number of anilines is 1. The van der Waals surface area contributed by atoms with Crippen LogP contribution in [0.4, 0.5) is 5.69 Å². The van der Waals surface area contributed by atoms with Gasteiger partial charge in [0.1, 0.15) is 11.9 Å². The molecule has 0 aliphatic carbocycles. The van der Waals surface area contributed by atoms with Gasteiger partial charge in [-0.3, -0.25) is 4.79 Å². The van der Waals surface area contributed by atoms with E-state index in [1.54, 1.807) is 30.3 Å². The Hall–Kier alpha value is -2.42. The van der Waals surface area contributed by atoms with E-state index < -0.39 is 10.0 Å². The van der Waals surface area contributed by atoms with Gasteiger partial charge < -0.3 is 15.0 Å². The first-order chi connectivity index (χ1) is 14.9. The molecule has 31 heavy (non-hydrogen) atoms. The van der Waals surface area contributed by atoms with Gasteiger partial charge in [0.15, 0.2) is 0 Å². The Morgan fingerprint density at radius 2 is 1.68 bits per heavy atom. The second-order valence-corrected chi connectivity index (χ2v) is 10.2. The minimum Gasteiger partial charge on any atom is -0.490 e. The fraction of sp³-hybridized carbons (Fsp3) is 0.435. The summed E-state index contributed by atoms with van der Waals surface area (Å²) >= 11 is 0. The minimum absolute atomic E-state index is 0.156. The number of carbonyl (C=O) groups is 1. The van der Waals surface area contributed by atoms with E-state index in [0.29, 0.717) is 24.3 Å². The van der Waals surface area contributed by atoms with Crippen molar-refractivity contribution in [3.05, 3.63) is 54.1 Å². The van der Waals surface area contributed by atoms with Gasteiger partial charge in [-0.1, -0.05) is 6.07 Å². The number of ether oxygens (including phenoxy) is 1. The van der Waals surface area contributed by atoms with Crippen molar-refractivity contribution in [3.63, 3.8) is 0 Å². The SMILES string of the molecule is CN1CCC(Oc2ccc(NC(=O)c3cccc(S(=O)(=O)N4CCCC4)c3)cc2)CC1. The summed E-state index contributed by atoms with van der Waals surface area (Å²) < 4.78 is 33.0. The summed E-state index contributed by atoms with van der Waals surface area (Å²) in [5, 5.41) is 2.83. The zero-order valence-corrected chi connectivity index (χ0v) is 18.6. The van der Waals surface area contributed by atoms with Crippen molar-refractivity contribution in [2.75, 3.05) is 38.5 Å². The van der Waals surface area contributed by atoms with Crippen LogP contribution in [-0.4, -0.2) is 62.9 Å². The molecule has 2 aromatic carbocycles. The van der Waals surface area contributed by atoms with E-state index in [0.717, 1.165) is 44.5 Å². The number of piperidine rings is 1. The number of sulfonamides is 1. The zero-order chi connectivity index (χ0) is 21.8. The van der Waals surface area contributed by atoms with Gasteiger partial charge in [0.05, 0.1) is 4.90 Å². The molecule has 8 heteroatoms. The molecule has 1 amide bonds. The van der Waals surface area contributed by atoms with Crippen LogP contribution in [0.5, 0.6) is 5.75 Å². The zero-order valence-electron chi connectivity index (χ0n) is 17.8. The van der Waals surface area contributed by atoms with Gasteiger partial charge in [-0.15, -0.1) is 0 Å². The Kier molecular flexibility index (Phi) is 6.60. The molecule has 0 unspecified atom stereocenters. The van der Waals surface area contributed by atoms with Gasteiger partial charge in [-0.25, -0.2) is 8.42 Å². The summed E-state index contributed by atoms with van der Waals surface area (Å²) in [5.74, 6) is 0.439. The average molecular weight is 444 g/mol. The number of hydrogen-bond acceptors (Lipinski definition) is 5. The van der Waals surface area contributed by atoms with Crippen LogP contribution in [0.3, 0.4) is 0 Å². The molecule has 2 aliphatic heterocycles. The van der Waals surface area contributed by atoms with E-state index in [9.17, 15) is 13.2 Å². The van der Waals surface area contributed by atoms with E-state index >= 15 is 0 Å². The molecule has 2 aromatic rings. The number of nitrogens with one attached hydrogen (secondary N) is 1. The lowest BCUT2D eigenvalue weighted by Crippen LogP contribution is -2.35. The standard InChI is InChI=1S/C23H29N3O4S/c1-25-15-11-21(12-16-25)30-20-9-7-19(8-10-20)24-23(27)18-5-4-6-22(17-18)31(28,29)26-13-2-3-14-26/h4-10,17,21H,2-3,11-16H2,1H3,(H,24,27). The lowest BCUT2D eigenvalue weighted by atomic mass is 10.1. The van der Waals surface area contributed by atoms with Crippen LogP contribution in [0.15, 0.2) is 53.4 Å². The Morgan fingerprint density at radius 1 is 1.00 bits per heavy atom. The second-order valence-electron chi connectivity index (χ2n) is 8.24. The van der Waals surface area contributed by atoms with Crippen LogP contribution in [0.25, 0.3) is 0 Å². The highest BCUT2D eigenvalue weighted by Gasteiger charge is 2.27. The fourth-order valence-electron chi connectivity index (χ4n) is 3.99. The molecule has 1 N–H and O–H groups in total. The number of hydrogen-bond donors (Lipinski definition) is 1. The maximum absolute atomic E-state index is 12.8. The number of carbonyl (C=O) groups excluding carboxylic acids is 1. The molecule has 0 atom stereocenters. The molecule has 2 aliphatic rings. The predicted octanol–water partition coefficient (Wildman–Crippen LogP) is 3.20. The number of likely N-dealkylation sites (tertiary alicyclic amines) is 1. The lowest BCUT2D eigenvalue weighted by molar-refractivity contribution is 0.102. The van der Waals surface area contributed by atoms with Crippen LogP contribution in [0, 0.1) is 0 Å². The summed E-state index contributed by atoms with van der Waals surface area (Å²) in [6.07, 6.45) is 3.97. The second kappa shape index (κ2) is 9.38. The monoisotopic (exact) mass is 443 g/mol. The maximum atomic E-state index is 12.8. The number of rotatable bonds is 6. The Balaban J connectivity index is 1.39. The molecule has 0 radical (unpaired) electrons. The van der Waals surface area contributed by atoms with Crippen LogP contribution >= 0.6 is 0 Å². The fourth-order valence-corrected chi connectivity index (χ4v) is 5.55. The van der Waals surface area contributed by atoms with Crippen molar-refractivity contribution >= 4 is 21.6 Å². The smallest absolute Gasteiger partial charge is 0.255 e. The van der Waals surface area contributed by atoms with Gasteiger partial charge in [0.25, 0.3) is 5.91 Å². The van der Waals surface area contributed by atoms with Crippen LogP contribution < -0.4 is 10.1 Å². The Morgan fingerprint density at radius 3 is 2.35 bits per heavy atom. The highest BCUT2D eigenvalue weighted by Crippen LogP contribution is 2.23. The summed E-state index contributed by atoms with van der Waals surface area (Å²) in [6.45, 7) is 3.13. The van der Waals surface area contributed by atoms with E-state index in [1.807, 2.05) is 12.1 Å². The van der Waals surface area contributed by atoms with Gasteiger partial charge in [-0.05, 0) is 75.2 Å². The number of nitrogens with zero attached hydrogens (tertiary/aromatic N) is 2. The van der Waals surface area contributed by atoms with E-state index in [-0.39, 0.29) is 16.9 Å². The molecule has 0 spiro atoms. The molecule has 2 fully saturated rings. The summed E-state index contributed by atoms with van der Waals surface area (Å²) in [4.78, 5) is 15.1. The topological polar surface area (TPSA) is 79.0 Å². The van der Waals surface area contributed by atoms with E-state index in [4.69, 9.17) is 4.74 Å². The molecule has 0 aromatic heterocycles. The van der Waals surface area contributed by atoms with Gasteiger partial charge >= 0.3 is 0 Å². The Labute approximate surface area is 184 Å². The highest BCUT2D eigenvalue weighted by molar-refractivity contribution is 7.89. The van der Waals surface area contributed by atoms with Crippen molar-refractivity contribution in [1.82, 2.24) is 9.21 Å². The summed E-state index contributed by atoms with van der Waals surface area (Å²) in [7, 11) is -1.44. The minimum atomic E-state index is -3.56. The molecule has 2 heterocycles. The van der Waals surface area contributed by atoms with Crippen molar-refractivity contribution in [2.45, 2.75) is 36.7 Å². The maximum Gasteiger partial charge on any atom is 0.255 e. The van der Waals surface area contributed by atoms with Crippen molar-refractivity contribution in [2.24, 2.45) is 0 Å². The van der Waals surface area contributed by atoms with Crippen molar-refractivity contribution < 1.29 is 17.9 Å². The normalized spacial score (nSPS) is 18.7. The number of amides is 1. The van der Waals surface area contributed by atoms with Gasteiger partial charge in [0.2, 0.25) is 10.0 Å². The molecule has 7 nitrogen and oxygen atoms in total. The van der Waals surface area contributed by atoms with Crippen molar-refractivity contribution in [1.29, 1.82) is 0 Å². The molecule has 0 bridgehead atoms. The third-order valence-electron chi connectivity index (χ3n) is 5.88. The molecular formula is C23H29N3O4S. The lowest BCUT2D eigenvalue weighted by Gasteiger charge is -2.29. The summed E-state index contributed by atoms with van der Waals surface area (Å²) in [5.41, 5.74) is 0.945. The third-order valence-corrected chi connectivity index (χ3v) is 7.77. The molecule has 2 saturated heterocycles. The van der Waals surface area contributed by atoms with Crippen LogP contribution in [0.1, 0.15) is 36.0 Å². The number of benzene rings is 2. The quantitative estimate of drug-likeness (QED) is 0.742. The highest BCUT2D eigenvalue weighted by atomic mass is 32.2. The van der Waals surface area contributed by atoms with E-state index in [1.165, 1.54) is 10.4 Å². The first-order valence-electron chi connectivity index (χ1n) is 10.8. The largest absolute Gasteiger partial charge is 0.490 e. The molecular weight excluding hydrogens is 414 g/mol. The van der Waals surface area contributed by atoms with Crippen LogP contribution in [0.2, 0.25) is 0 Å². The third kappa shape index (κ3) is 5.26. The molecule has 166 valence electrons. The Bertz CT molecular complexity index is 1010. The summed E-state index contributed by atoms with van der Waals surface area (Å²) in [6, 6.07) is 13.5.